The molecule has 1 atom stereocenters. The van der Waals surface area contributed by atoms with Crippen LogP contribution in [0, 0.1) is 11.6 Å². The molecule has 0 spiro atoms. The molecule has 5 rings (SSSR count). The summed E-state index contributed by atoms with van der Waals surface area (Å²) in [4.78, 5) is 21.8. The topological polar surface area (TPSA) is 68.3 Å². The third-order valence-electron chi connectivity index (χ3n) is 5.80. The number of carbonyl (C=O) groups excluding carboxylic acids is 1. The first-order valence-corrected chi connectivity index (χ1v) is 10.4. The van der Waals surface area contributed by atoms with Crippen molar-refractivity contribution in [3.8, 4) is 11.4 Å². The molecule has 4 aromatic rings. The van der Waals surface area contributed by atoms with Crippen molar-refractivity contribution in [2.75, 3.05) is 13.1 Å². The zero-order chi connectivity index (χ0) is 25.1. The molecule has 1 fully saturated rings. The normalized spacial score (nSPS) is 17.0. The molecule has 184 valence electrons. The number of pyridine rings is 2. The SMILES string of the molecule is O=C(c1cc2c(cn1)c(-c1cnc3c(F)cc(F)cn13)nn2C(F)C(F)F)N1CCC(F)(F)CC1. The molecule has 0 aliphatic carbocycles. The van der Waals surface area contributed by atoms with Crippen LogP contribution in [0.3, 0.4) is 0 Å². The molecule has 0 saturated carbocycles. The van der Waals surface area contributed by atoms with E-state index in [1.165, 1.54) is 0 Å². The van der Waals surface area contributed by atoms with Gasteiger partial charge in [0.15, 0.2) is 11.5 Å². The molecule has 0 radical (unpaired) electrons. The van der Waals surface area contributed by atoms with Crippen LogP contribution in [0.25, 0.3) is 27.9 Å². The van der Waals surface area contributed by atoms with Crippen molar-refractivity contribution in [2.45, 2.75) is 31.5 Å². The van der Waals surface area contributed by atoms with E-state index in [9.17, 15) is 35.5 Å². The predicted molar refractivity (Wildman–Crippen MR) is 108 cm³/mol. The molecule has 7 nitrogen and oxygen atoms in total. The minimum absolute atomic E-state index is 0.00139. The van der Waals surface area contributed by atoms with Gasteiger partial charge in [0.1, 0.15) is 17.2 Å². The van der Waals surface area contributed by atoms with Gasteiger partial charge in [0, 0.05) is 49.8 Å². The molecule has 0 aromatic carbocycles. The second-order valence-electron chi connectivity index (χ2n) is 8.08. The van der Waals surface area contributed by atoms with Crippen molar-refractivity contribution >= 4 is 22.5 Å². The van der Waals surface area contributed by atoms with E-state index in [1.54, 1.807) is 0 Å². The lowest BCUT2D eigenvalue weighted by atomic mass is 10.1. The number of aromatic nitrogens is 5. The van der Waals surface area contributed by atoms with Gasteiger partial charge in [-0.2, -0.15) is 5.10 Å². The molecule has 14 heteroatoms. The number of likely N-dealkylation sites (tertiary alicyclic amines) is 1. The number of amides is 1. The maximum absolute atomic E-state index is 14.5. The molecule has 4 aromatic heterocycles. The van der Waals surface area contributed by atoms with Gasteiger partial charge in [-0.25, -0.2) is 40.4 Å². The first kappa shape index (κ1) is 23.1. The molecule has 1 unspecified atom stereocenters. The zero-order valence-electron chi connectivity index (χ0n) is 17.6. The second-order valence-corrected chi connectivity index (χ2v) is 8.08. The maximum Gasteiger partial charge on any atom is 0.289 e. The number of piperidine rings is 1. The van der Waals surface area contributed by atoms with Crippen LogP contribution in [0.15, 0.2) is 30.7 Å². The first-order chi connectivity index (χ1) is 16.6. The number of imidazole rings is 1. The predicted octanol–water partition coefficient (Wildman–Crippen LogP) is 4.63. The Bertz CT molecular complexity index is 1440. The average molecular weight is 500 g/mol. The van der Waals surface area contributed by atoms with Gasteiger partial charge < -0.3 is 4.90 Å². The van der Waals surface area contributed by atoms with Crippen molar-refractivity contribution in [3.63, 3.8) is 0 Å². The largest absolute Gasteiger partial charge is 0.337 e. The van der Waals surface area contributed by atoms with Crippen LogP contribution < -0.4 is 0 Å². The molecule has 1 aliphatic heterocycles. The summed E-state index contributed by atoms with van der Waals surface area (Å²) in [5.41, 5.74) is -1.02. The van der Waals surface area contributed by atoms with Gasteiger partial charge in [-0.05, 0) is 6.07 Å². The summed E-state index contributed by atoms with van der Waals surface area (Å²) < 4.78 is 97.1. The van der Waals surface area contributed by atoms with E-state index in [4.69, 9.17) is 0 Å². The zero-order valence-corrected chi connectivity index (χ0v) is 17.6. The number of halogens is 7. The summed E-state index contributed by atoms with van der Waals surface area (Å²) in [6, 6.07) is 1.63. The number of hydrogen-bond acceptors (Lipinski definition) is 4. The first-order valence-electron chi connectivity index (χ1n) is 10.4. The van der Waals surface area contributed by atoms with Crippen LogP contribution in [-0.2, 0) is 0 Å². The van der Waals surface area contributed by atoms with E-state index >= 15 is 0 Å². The lowest BCUT2D eigenvalue weighted by Gasteiger charge is -2.31. The molecular weight excluding hydrogens is 485 g/mol. The summed E-state index contributed by atoms with van der Waals surface area (Å²) in [6.45, 7) is -0.477. The smallest absolute Gasteiger partial charge is 0.289 e. The molecule has 1 amide bonds. The number of alkyl halides is 5. The van der Waals surface area contributed by atoms with Crippen LogP contribution in [0.2, 0.25) is 0 Å². The van der Waals surface area contributed by atoms with Crippen molar-refractivity contribution < 1.29 is 35.5 Å². The van der Waals surface area contributed by atoms with E-state index in [2.05, 4.69) is 15.1 Å². The third-order valence-corrected chi connectivity index (χ3v) is 5.80. The summed E-state index contributed by atoms with van der Waals surface area (Å²) in [7, 11) is 0. The second kappa shape index (κ2) is 8.20. The van der Waals surface area contributed by atoms with Gasteiger partial charge >= 0.3 is 0 Å². The van der Waals surface area contributed by atoms with Gasteiger partial charge in [0.25, 0.3) is 24.6 Å². The minimum Gasteiger partial charge on any atom is -0.337 e. The Morgan fingerprint density at radius 1 is 1.03 bits per heavy atom. The van der Waals surface area contributed by atoms with Gasteiger partial charge in [0.2, 0.25) is 0 Å². The Morgan fingerprint density at radius 3 is 2.43 bits per heavy atom. The Labute approximate surface area is 191 Å². The molecule has 0 bridgehead atoms. The highest BCUT2D eigenvalue weighted by molar-refractivity contribution is 5.99. The van der Waals surface area contributed by atoms with Crippen LogP contribution in [-0.4, -0.2) is 60.4 Å². The van der Waals surface area contributed by atoms with Gasteiger partial charge in [-0.3, -0.25) is 14.2 Å². The molecule has 1 saturated heterocycles. The van der Waals surface area contributed by atoms with E-state index < -0.39 is 49.0 Å². The fourth-order valence-corrected chi connectivity index (χ4v) is 4.02. The highest BCUT2D eigenvalue weighted by Crippen LogP contribution is 2.33. The van der Waals surface area contributed by atoms with Crippen LogP contribution in [0.1, 0.15) is 29.6 Å². The molecule has 0 N–H and O–H groups in total. The van der Waals surface area contributed by atoms with E-state index in [1.807, 2.05) is 0 Å². The molecule has 5 heterocycles. The fourth-order valence-electron chi connectivity index (χ4n) is 4.02. The average Bonchev–Trinajstić information content (AvgIpc) is 3.39. The van der Waals surface area contributed by atoms with E-state index in [0.717, 1.165) is 34.0 Å². The number of hydrogen-bond donors (Lipinski definition) is 0. The van der Waals surface area contributed by atoms with Gasteiger partial charge in [-0.1, -0.05) is 0 Å². The lowest BCUT2D eigenvalue weighted by Crippen LogP contribution is -2.43. The van der Waals surface area contributed by atoms with Crippen molar-refractivity contribution in [3.05, 3.63) is 48.1 Å². The van der Waals surface area contributed by atoms with Crippen LogP contribution in [0.5, 0.6) is 0 Å². The monoisotopic (exact) mass is 500 g/mol. The Hall–Kier alpha value is -3.71. The number of fused-ring (bicyclic) bond motifs is 2. The Kier molecular flexibility index (Phi) is 5.40. The van der Waals surface area contributed by atoms with Gasteiger partial charge in [-0.15, -0.1) is 0 Å². The number of nitrogens with zero attached hydrogens (tertiary/aromatic N) is 6. The van der Waals surface area contributed by atoms with Crippen LogP contribution in [0.4, 0.5) is 30.7 Å². The van der Waals surface area contributed by atoms with Crippen LogP contribution >= 0.6 is 0 Å². The Balaban J connectivity index is 1.63. The van der Waals surface area contributed by atoms with E-state index in [-0.39, 0.29) is 46.7 Å². The molecule has 1 aliphatic rings. The van der Waals surface area contributed by atoms with Gasteiger partial charge in [0.05, 0.1) is 17.4 Å². The third kappa shape index (κ3) is 3.96. The summed E-state index contributed by atoms with van der Waals surface area (Å²) >= 11 is 0. The summed E-state index contributed by atoms with van der Waals surface area (Å²) in [6.07, 6.45) is -4.41. The standard InChI is InChI=1S/C21H15F7N6O/c22-10-5-12(23)19-30-8-15(33(19)9-10)16-11-7-29-13(6-14(11)34(31-16)18(26)17(24)25)20(35)32-3-1-21(27,28)2-4-32/h5-9,17-18H,1-4H2. The molecule has 35 heavy (non-hydrogen) atoms. The Morgan fingerprint density at radius 2 is 1.74 bits per heavy atom. The number of rotatable bonds is 4. The van der Waals surface area contributed by atoms with Crippen molar-refractivity contribution in [1.29, 1.82) is 0 Å². The van der Waals surface area contributed by atoms with Crippen molar-refractivity contribution in [1.82, 2.24) is 29.0 Å². The molecular formula is C21H15F7N6O. The number of carbonyl (C=O) groups is 1. The van der Waals surface area contributed by atoms with E-state index in [0.29, 0.717) is 10.7 Å². The quantitative estimate of drug-likeness (QED) is 0.384. The summed E-state index contributed by atoms with van der Waals surface area (Å²) in [5, 5.41) is 3.89. The lowest BCUT2D eigenvalue weighted by molar-refractivity contribution is -0.0495. The highest BCUT2D eigenvalue weighted by Gasteiger charge is 2.36. The highest BCUT2D eigenvalue weighted by atomic mass is 19.3. The maximum atomic E-state index is 14.5. The van der Waals surface area contributed by atoms with Crippen molar-refractivity contribution in [2.24, 2.45) is 0 Å². The fraction of sp³-hybridized carbons (Fsp3) is 0.333. The summed E-state index contributed by atoms with van der Waals surface area (Å²) in [5.74, 6) is -5.57. The minimum atomic E-state index is -3.49.